The molecule has 23 N–H and O–H groups in total. The zero-order valence-corrected chi connectivity index (χ0v) is 61.8. The van der Waals surface area contributed by atoms with Crippen molar-refractivity contribution in [2.45, 2.75) is 156 Å². The highest BCUT2D eigenvalue weighted by molar-refractivity contribution is 6.32. The smallest absolute Gasteiger partial charge is 0.248 e. The van der Waals surface area contributed by atoms with E-state index in [9.17, 15) is 75.0 Å². The highest BCUT2D eigenvalue weighted by atomic mass is 35.5. The highest BCUT2D eigenvalue weighted by Crippen LogP contribution is 2.50. The van der Waals surface area contributed by atoms with Crippen molar-refractivity contribution in [2.75, 3.05) is 25.5 Å². The number of phenols is 4. The quantitative estimate of drug-likeness (QED) is 0.0586. The molecule has 112 heavy (non-hydrogen) atoms. The number of hydrogen-bond donors (Lipinski definition) is 21. The third-order valence-electron chi connectivity index (χ3n) is 19.4. The average Bonchev–Trinajstić information content (AvgIpc) is 0.769. The Morgan fingerprint density at radius 3 is 1.90 bits per heavy atom. The van der Waals surface area contributed by atoms with Gasteiger partial charge in [-0.15, -0.1) is 0 Å². The highest BCUT2D eigenvalue weighted by Gasteiger charge is 2.52. The van der Waals surface area contributed by atoms with Crippen molar-refractivity contribution in [2.24, 2.45) is 17.4 Å². The molecule has 18 atom stereocenters. The number of fused-ring (bicyclic) bond motifs is 15. The summed E-state index contributed by atoms with van der Waals surface area (Å²) < 4.78 is 38.5. The number of aromatic hydroxyl groups is 4. The molecule has 7 aliphatic rings. The molecule has 0 aliphatic carbocycles. The number of amides is 9. The van der Waals surface area contributed by atoms with E-state index in [4.69, 9.17) is 63.1 Å². The van der Waals surface area contributed by atoms with Gasteiger partial charge >= 0.3 is 0 Å². The van der Waals surface area contributed by atoms with Gasteiger partial charge in [-0.05, 0) is 140 Å². The molecule has 11 bridgehead atoms. The van der Waals surface area contributed by atoms with Crippen molar-refractivity contribution >= 4 is 82.1 Å². The minimum absolute atomic E-state index is 0.111. The summed E-state index contributed by atoms with van der Waals surface area (Å²) in [5, 5.41) is 136. The van der Waals surface area contributed by atoms with Crippen LogP contribution in [0.3, 0.4) is 0 Å². The van der Waals surface area contributed by atoms with Gasteiger partial charge < -0.3 is 139 Å². The van der Waals surface area contributed by atoms with E-state index in [1.807, 2.05) is 13.8 Å². The van der Waals surface area contributed by atoms with Crippen molar-refractivity contribution in [1.29, 1.82) is 0 Å². The molecule has 0 spiro atoms. The van der Waals surface area contributed by atoms with Crippen LogP contribution < -0.4 is 73.5 Å². The number of carbonyl (C=O) groups is 9. The van der Waals surface area contributed by atoms with E-state index in [1.165, 1.54) is 57.3 Å². The molecule has 36 nitrogen and oxygen atoms in total. The number of rotatable bonds is 16. The topological polar surface area (TPSA) is 572 Å². The second-order valence-corrected chi connectivity index (χ2v) is 29.0. The number of phenolic OH excluding ortho intramolecular Hbond substituents is 4. The molecule has 0 saturated carbocycles. The van der Waals surface area contributed by atoms with Crippen molar-refractivity contribution in [1.82, 2.24) is 42.5 Å². The van der Waals surface area contributed by atoms with Gasteiger partial charge in [0, 0.05) is 34.8 Å². The zero-order chi connectivity index (χ0) is 81.2. The summed E-state index contributed by atoms with van der Waals surface area (Å²) in [6.45, 7) is 4.80. The van der Waals surface area contributed by atoms with E-state index in [0.29, 0.717) is 0 Å². The van der Waals surface area contributed by atoms with Crippen LogP contribution in [-0.2, 0) is 57.4 Å². The Labute approximate surface area is 647 Å². The number of primary amides is 1. The first-order valence-electron chi connectivity index (χ1n) is 35.1. The maximum atomic E-state index is 16.2. The normalized spacial score (nSPS) is 27.6. The third-order valence-corrected chi connectivity index (χ3v) is 20.0. The Bertz CT molecular complexity index is 4640. The van der Waals surface area contributed by atoms with Crippen molar-refractivity contribution < 1.29 is 123 Å². The molecule has 38 heteroatoms. The molecule has 7 aliphatic heterocycles. The Balaban J connectivity index is 1.13. The second kappa shape index (κ2) is 34.1. The largest absolute Gasteiger partial charge is 0.508 e. The van der Waals surface area contributed by atoms with Crippen LogP contribution in [0.5, 0.6) is 51.7 Å². The lowest BCUT2D eigenvalue weighted by Crippen LogP contribution is -2.64. The molecule has 9 amide bonds. The first kappa shape index (κ1) is 82.3. The number of nitrogens with one attached hydrogen (secondary N) is 9. The fraction of sp³-hybridized carbons (Fsp3) is 0.392. The molecular formula is C74H83Cl2N11O25. The summed E-state index contributed by atoms with van der Waals surface area (Å²) in [4.78, 5) is 133. The summed E-state index contributed by atoms with van der Waals surface area (Å²) in [7, 11) is 1.47. The molecule has 7 heterocycles. The number of carbonyl (C=O) groups excluding carboxylic acids is 9. The van der Waals surface area contributed by atoms with Crippen molar-refractivity contribution in [3.8, 4) is 62.9 Å². The van der Waals surface area contributed by atoms with Crippen LogP contribution in [0.4, 0.5) is 5.69 Å². The third kappa shape index (κ3) is 18.1. The summed E-state index contributed by atoms with van der Waals surface area (Å²) in [6, 6.07) is 4.54. The SMILES string of the molecule is CNC(CC(C)C)C(=O)NC1C(=O)NC(CC(N)=O)C(=O)NC2C(=O)NC3C(=O)NC(C(=O)NC(C(=O)NCC(=O)Nc4ccc(O)cc4)c4cc(O)cc(O)c4-c4cc3ccc4O)C(O)c3ccc(c(Cl)c3)Oc3cc2cc(c3OC2OC(CO)C(O)C(O)C2OC2CC(C)(N)C(O)C(C)O2)Oc2ccc(cc2Cl)C1O. The number of anilines is 1. The predicted molar refractivity (Wildman–Crippen MR) is 391 cm³/mol. The number of likely N-dealkylation sites (N-methyl/N-ethyl adjacent to an activating group) is 1. The lowest BCUT2D eigenvalue weighted by molar-refractivity contribution is -0.333. The van der Waals surface area contributed by atoms with Gasteiger partial charge in [0.05, 0.1) is 47.9 Å². The van der Waals surface area contributed by atoms with E-state index in [2.05, 4.69) is 47.9 Å². The Hall–Kier alpha value is -10.7. The van der Waals surface area contributed by atoms with Crippen molar-refractivity contribution in [3.05, 3.63) is 141 Å². The lowest BCUT2D eigenvalue weighted by atomic mass is 9.86. The Morgan fingerprint density at radius 2 is 1.29 bits per heavy atom. The molecule has 0 aromatic heterocycles. The molecule has 18 unspecified atom stereocenters. The average molecular weight is 1600 g/mol. The Kier molecular flexibility index (Phi) is 25.0. The summed E-state index contributed by atoms with van der Waals surface area (Å²) >= 11 is 14.2. The van der Waals surface area contributed by atoms with Crippen LogP contribution in [0.1, 0.15) is 105 Å². The molecule has 13 rings (SSSR count). The lowest BCUT2D eigenvalue weighted by Gasteiger charge is -2.47. The van der Waals surface area contributed by atoms with Crippen LogP contribution in [0.2, 0.25) is 10.0 Å². The second-order valence-electron chi connectivity index (χ2n) is 28.2. The summed E-state index contributed by atoms with van der Waals surface area (Å²) in [5.74, 6) is -16.6. The molecule has 6 aromatic rings. The number of ether oxygens (including phenoxy) is 6. The molecule has 598 valence electrons. The van der Waals surface area contributed by atoms with Gasteiger partial charge in [0.15, 0.2) is 23.9 Å². The van der Waals surface area contributed by atoms with Crippen LogP contribution in [-0.4, -0.2) is 203 Å². The van der Waals surface area contributed by atoms with E-state index in [1.54, 1.807) is 0 Å². The number of aliphatic hydroxyl groups excluding tert-OH is 6. The van der Waals surface area contributed by atoms with Gasteiger partial charge in [0.1, 0.15) is 101 Å². The maximum absolute atomic E-state index is 16.2. The number of halogens is 2. The number of aliphatic hydroxyl groups is 6. The molecule has 2 saturated heterocycles. The van der Waals surface area contributed by atoms with Gasteiger partial charge in [0.25, 0.3) is 0 Å². The van der Waals surface area contributed by atoms with Crippen molar-refractivity contribution in [3.63, 3.8) is 0 Å². The fourth-order valence-corrected chi connectivity index (χ4v) is 14.0. The predicted octanol–water partition coefficient (Wildman–Crippen LogP) is 0.482. The first-order valence-corrected chi connectivity index (χ1v) is 35.9. The van der Waals surface area contributed by atoms with Gasteiger partial charge in [-0.2, -0.15) is 0 Å². The van der Waals surface area contributed by atoms with Gasteiger partial charge in [-0.3, -0.25) is 43.2 Å². The van der Waals surface area contributed by atoms with Gasteiger partial charge in [0.2, 0.25) is 65.2 Å². The summed E-state index contributed by atoms with van der Waals surface area (Å²) in [6.07, 6.45) is -18.8. The van der Waals surface area contributed by atoms with Crippen LogP contribution in [0.25, 0.3) is 11.1 Å². The molecule has 2 fully saturated rings. The molecule has 6 aromatic carbocycles. The van der Waals surface area contributed by atoms with Gasteiger partial charge in [-0.1, -0.05) is 55.2 Å². The molecule has 0 radical (unpaired) electrons. The van der Waals surface area contributed by atoms with E-state index < -0.39 is 250 Å². The monoisotopic (exact) mass is 1600 g/mol. The molecular weight excluding hydrogens is 1510 g/mol. The fourth-order valence-electron chi connectivity index (χ4n) is 13.5. The number of nitrogens with two attached hydrogens (primary N) is 2. The number of hydrogen-bond acceptors (Lipinski definition) is 27. The van der Waals surface area contributed by atoms with Crippen LogP contribution >= 0.6 is 23.2 Å². The summed E-state index contributed by atoms with van der Waals surface area (Å²) in [5.41, 5.74) is 8.23. The van der Waals surface area contributed by atoms with E-state index >= 15 is 19.2 Å². The van der Waals surface area contributed by atoms with E-state index in [0.717, 1.165) is 66.7 Å². The number of benzene rings is 6. The Morgan fingerprint density at radius 1 is 0.679 bits per heavy atom. The first-order chi connectivity index (χ1) is 53.0. The minimum Gasteiger partial charge on any atom is -0.508 e. The van der Waals surface area contributed by atoms with Crippen LogP contribution in [0.15, 0.2) is 103 Å². The standard InChI is InChI=1S/C74H83Cl2N11O25/c1-28(2)16-41(79-5)66(100)86-57-59(95)31-7-14-45(39(75)18-31)108-47-20-33-21-48(63(47)112-73-64(62(98)61(97)49(27-88)110-73)111-52-25-74(4,78)65(99)29(3)107-52)109-46-15-8-32(19-40(46)76)60(96)58-72(106)85-56(68(102)80-26-51(94)81-34-9-11-35(89)12-10-34)38-22-36(90)23-44(92)53(38)37-17-30(6-13-43(37)91)54(69(103)87-58)84-70(104)55(33)83-67(101)42(24-50(77)93)82-71(57)105/h6-15,17-23,28-29,41-42,49,52,54-62,64-65,73,79,88-92,95-99H,16,24-27,78H2,1-5H3,(H2,77,93)(H,80,102)(H,81,94)(H,82,105)(H,83,101)(H,84,104)(H,85,106)(H,86,100)(H,87,103). The minimum atomic E-state index is -2.38. The van der Waals surface area contributed by atoms with Crippen LogP contribution in [0, 0.1) is 5.92 Å². The maximum Gasteiger partial charge on any atom is 0.248 e. The zero-order valence-electron chi connectivity index (χ0n) is 60.2. The van der Waals surface area contributed by atoms with E-state index in [-0.39, 0.29) is 57.7 Å². The van der Waals surface area contributed by atoms with Gasteiger partial charge in [-0.25, -0.2) is 0 Å².